The van der Waals surface area contributed by atoms with E-state index in [-0.39, 0.29) is 31.1 Å². The van der Waals surface area contributed by atoms with Crippen LogP contribution in [-0.2, 0) is 28.6 Å². The zero-order chi connectivity index (χ0) is 46.5. The second-order valence-corrected chi connectivity index (χ2v) is 17.4. The summed E-state index contributed by atoms with van der Waals surface area (Å²) in [5.41, 5.74) is 0. The fourth-order valence-corrected chi connectivity index (χ4v) is 7.26. The SMILES string of the molecule is CC\C=C/C=C\C=C/CCCCCCCCCC(=O)OC(COC(=O)CCCCCCCC/C=C\C/C=C\C/C=C\C/C=C\CC)COC(=O)CCCCCCCCCCCCCC. The fourth-order valence-electron chi connectivity index (χ4n) is 7.26. The molecule has 0 saturated carbocycles. The van der Waals surface area contributed by atoms with Crippen LogP contribution in [0.2, 0.25) is 0 Å². The van der Waals surface area contributed by atoms with Crippen molar-refractivity contribution in [2.24, 2.45) is 0 Å². The van der Waals surface area contributed by atoms with Crippen LogP contribution < -0.4 is 0 Å². The van der Waals surface area contributed by atoms with E-state index in [4.69, 9.17) is 14.2 Å². The topological polar surface area (TPSA) is 78.9 Å². The fraction of sp³-hybridized carbons (Fsp3) is 0.707. The van der Waals surface area contributed by atoms with Crippen molar-refractivity contribution in [3.8, 4) is 0 Å². The molecule has 0 saturated heterocycles. The number of hydrogen-bond acceptors (Lipinski definition) is 6. The maximum absolute atomic E-state index is 12.8. The van der Waals surface area contributed by atoms with E-state index < -0.39 is 6.10 Å². The van der Waals surface area contributed by atoms with Gasteiger partial charge in [-0.25, -0.2) is 0 Å². The van der Waals surface area contributed by atoms with E-state index in [1.807, 2.05) is 0 Å². The molecule has 1 unspecified atom stereocenters. The highest BCUT2D eigenvalue weighted by Crippen LogP contribution is 2.15. The highest BCUT2D eigenvalue weighted by molar-refractivity contribution is 5.71. The van der Waals surface area contributed by atoms with E-state index in [0.717, 1.165) is 103 Å². The van der Waals surface area contributed by atoms with Crippen LogP contribution in [0.15, 0.2) is 85.1 Å². The lowest BCUT2D eigenvalue weighted by atomic mass is 10.0. The predicted octanol–water partition coefficient (Wildman–Crippen LogP) is 17.6. The molecule has 0 heterocycles. The number of esters is 3. The van der Waals surface area contributed by atoms with Crippen LogP contribution in [0, 0.1) is 0 Å². The van der Waals surface area contributed by atoms with Gasteiger partial charge in [0.1, 0.15) is 13.2 Å². The van der Waals surface area contributed by atoms with Gasteiger partial charge in [-0.2, -0.15) is 0 Å². The van der Waals surface area contributed by atoms with Gasteiger partial charge in [-0.3, -0.25) is 14.4 Å². The molecule has 0 aliphatic carbocycles. The Bertz CT molecular complexity index is 1250. The zero-order valence-corrected chi connectivity index (χ0v) is 41.8. The van der Waals surface area contributed by atoms with Crippen LogP contribution in [0.4, 0.5) is 0 Å². The Morgan fingerprint density at radius 1 is 0.344 bits per heavy atom. The molecule has 6 nitrogen and oxygen atoms in total. The first-order chi connectivity index (χ1) is 31.5. The lowest BCUT2D eigenvalue weighted by Gasteiger charge is -2.18. The molecule has 0 spiro atoms. The van der Waals surface area contributed by atoms with Crippen LogP contribution in [-0.4, -0.2) is 37.2 Å². The molecule has 0 aliphatic rings. The number of carbonyl (C=O) groups excluding carboxylic acids is 3. The standard InChI is InChI=1S/C58H98O6/c1-4-7-10-13-16-19-22-25-27-28-29-30-32-33-36-39-42-45-48-51-57(60)63-54-55(53-62-56(59)50-47-44-41-38-35-24-21-18-15-12-9-6-3)64-58(61)52-49-46-43-40-37-34-31-26-23-20-17-14-11-8-5-2/h7-8,10-11,14,16-17,19-20,23,25,27,29-30,55H,4-6,9,12-13,15,18,21-22,24,26,28,31-54H2,1-3H3/b10-7-,11-8-,17-14-,19-16-,23-20-,27-25-,30-29-. The van der Waals surface area contributed by atoms with Crippen LogP contribution in [0.25, 0.3) is 0 Å². The zero-order valence-electron chi connectivity index (χ0n) is 41.8. The van der Waals surface area contributed by atoms with Gasteiger partial charge >= 0.3 is 17.9 Å². The normalized spacial score (nSPS) is 12.7. The Labute approximate surface area is 395 Å². The third kappa shape index (κ3) is 49.6. The van der Waals surface area contributed by atoms with Crippen LogP contribution in [0.5, 0.6) is 0 Å². The number of unbranched alkanes of at least 4 members (excludes halogenated alkanes) is 24. The van der Waals surface area contributed by atoms with Gasteiger partial charge in [0.2, 0.25) is 0 Å². The van der Waals surface area contributed by atoms with Crippen molar-refractivity contribution in [1.29, 1.82) is 0 Å². The summed E-state index contributed by atoms with van der Waals surface area (Å²) < 4.78 is 16.8. The van der Waals surface area contributed by atoms with E-state index >= 15 is 0 Å². The van der Waals surface area contributed by atoms with Crippen molar-refractivity contribution < 1.29 is 28.6 Å². The van der Waals surface area contributed by atoms with E-state index in [1.165, 1.54) is 103 Å². The largest absolute Gasteiger partial charge is 0.462 e. The molecule has 1 atom stereocenters. The smallest absolute Gasteiger partial charge is 0.306 e. The minimum atomic E-state index is -0.787. The highest BCUT2D eigenvalue weighted by atomic mass is 16.6. The molecule has 6 heteroatoms. The summed E-state index contributed by atoms with van der Waals surface area (Å²) in [6, 6.07) is 0. The monoisotopic (exact) mass is 891 g/mol. The average molecular weight is 891 g/mol. The van der Waals surface area contributed by atoms with Gasteiger partial charge in [0, 0.05) is 19.3 Å². The van der Waals surface area contributed by atoms with Crippen molar-refractivity contribution in [1.82, 2.24) is 0 Å². The average Bonchev–Trinajstić information content (AvgIpc) is 3.29. The number of carbonyl (C=O) groups is 3. The maximum Gasteiger partial charge on any atom is 0.306 e. The van der Waals surface area contributed by atoms with Gasteiger partial charge in [-0.05, 0) is 77.0 Å². The van der Waals surface area contributed by atoms with Crippen LogP contribution >= 0.6 is 0 Å². The quantitative estimate of drug-likeness (QED) is 0.0199. The van der Waals surface area contributed by atoms with Crippen molar-refractivity contribution >= 4 is 17.9 Å². The van der Waals surface area contributed by atoms with Gasteiger partial charge in [0.15, 0.2) is 6.10 Å². The lowest BCUT2D eigenvalue weighted by Crippen LogP contribution is -2.30. The Morgan fingerprint density at radius 2 is 0.688 bits per heavy atom. The van der Waals surface area contributed by atoms with Gasteiger partial charge in [-0.1, -0.05) is 234 Å². The molecule has 0 radical (unpaired) electrons. The summed E-state index contributed by atoms with van der Waals surface area (Å²) in [5.74, 6) is -0.910. The molecule has 0 bridgehead atoms. The molecule has 0 aromatic heterocycles. The number of rotatable bonds is 47. The Hall–Kier alpha value is -3.41. The second kappa shape index (κ2) is 52.2. The summed E-state index contributed by atoms with van der Waals surface area (Å²) in [4.78, 5) is 38.0. The molecule has 0 aromatic rings. The first-order valence-electron chi connectivity index (χ1n) is 26.6. The number of ether oxygens (including phenoxy) is 3. The Balaban J connectivity index is 4.40. The van der Waals surface area contributed by atoms with Crippen LogP contribution in [0.1, 0.15) is 245 Å². The summed E-state index contributed by atoms with van der Waals surface area (Å²) in [7, 11) is 0. The van der Waals surface area contributed by atoms with Crippen molar-refractivity contribution in [2.45, 2.75) is 252 Å². The van der Waals surface area contributed by atoms with Crippen LogP contribution in [0.3, 0.4) is 0 Å². The maximum atomic E-state index is 12.8. The Kier molecular flexibility index (Phi) is 49.4. The molecule has 366 valence electrons. The molecule has 0 aliphatic heterocycles. The van der Waals surface area contributed by atoms with E-state index in [0.29, 0.717) is 19.3 Å². The van der Waals surface area contributed by atoms with Gasteiger partial charge in [-0.15, -0.1) is 0 Å². The molecule has 64 heavy (non-hydrogen) atoms. The first kappa shape index (κ1) is 60.6. The summed E-state index contributed by atoms with van der Waals surface area (Å²) in [6.07, 6.45) is 67.0. The highest BCUT2D eigenvalue weighted by Gasteiger charge is 2.19. The van der Waals surface area contributed by atoms with E-state index in [2.05, 4.69) is 106 Å². The van der Waals surface area contributed by atoms with Crippen molar-refractivity contribution in [3.63, 3.8) is 0 Å². The van der Waals surface area contributed by atoms with E-state index in [9.17, 15) is 14.4 Å². The van der Waals surface area contributed by atoms with Gasteiger partial charge in [0.25, 0.3) is 0 Å². The second-order valence-electron chi connectivity index (χ2n) is 17.4. The molecule has 0 fully saturated rings. The molecule has 0 N–H and O–H groups in total. The molecule has 0 rings (SSSR count). The molecule has 0 amide bonds. The molecular formula is C58H98O6. The third-order valence-corrected chi connectivity index (χ3v) is 11.2. The van der Waals surface area contributed by atoms with Crippen molar-refractivity contribution in [2.75, 3.05) is 13.2 Å². The number of hydrogen-bond donors (Lipinski definition) is 0. The van der Waals surface area contributed by atoms with E-state index in [1.54, 1.807) is 0 Å². The number of allylic oxidation sites excluding steroid dienone is 14. The third-order valence-electron chi connectivity index (χ3n) is 11.2. The minimum absolute atomic E-state index is 0.0849. The predicted molar refractivity (Wildman–Crippen MR) is 274 cm³/mol. The van der Waals surface area contributed by atoms with Crippen molar-refractivity contribution in [3.05, 3.63) is 85.1 Å². The lowest BCUT2D eigenvalue weighted by molar-refractivity contribution is -0.167. The summed E-state index contributed by atoms with van der Waals surface area (Å²) >= 11 is 0. The van der Waals surface area contributed by atoms with Gasteiger partial charge < -0.3 is 14.2 Å². The van der Waals surface area contributed by atoms with Gasteiger partial charge in [0.05, 0.1) is 0 Å². The first-order valence-corrected chi connectivity index (χ1v) is 26.6. The summed E-state index contributed by atoms with van der Waals surface area (Å²) in [5, 5.41) is 0. The summed E-state index contributed by atoms with van der Waals surface area (Å²) in [6.45, 7) is 6.37. The minimum Gasteiger partial charge on any atom is -0.462 e. The molecular weight excluding hydrogens is 793 g/mol. The Morgan fingerprint density at radius 3 is 1.12 bits per heavy atom. The molecule has 0 aromatic carbocycles.